The molecule has 0 saturated heterocycles. The van der Waals surface area contributed by atoms with Crippen molar-refractivity contribution in [3.8, 4) is 0 Å². The zero-order valence-corrected chi connectivity index (χ0v) is 12.5. The molecule has 2 N–H and O–H groups in total. The van der Waals surface area contributed by atoms with Crippen molar-refractivity contribution in [2.45, 2.75) is 25.9 Å². The first kappa shape index (κ1) is 15.9. The van der Waals surface area contributed by atoms with Crippen LogP contribution in [0.5, 0.6) is 0 Å². The van der Waals surface area contributed by atoms with Crippen molar-refractivity contribution in [1.29, 1.82) is 0 Å². The number of nitrogens with one attached hydrogen (secondary N) is 1. The van der Waals surface area contributed by atoms with E-state index in [0.29, 0.717) is 16.8 Å². The van der Waals surface area contributed by atoms with Crippen molar-refractivity contribution in [1.82, 2.24) is 0 Å². The van der Waals surface area contributed by atoms with Crippen LogP contribution in [0.3, 0.4) is 0 Å². The third kappa shape index (κ3) is 4.27. The zero-order chi connectivity index (χ0) is 15.9. The van der Waals surface area contributed by atoms with E-state index in [2.05, 4.69) is 5.32 Å². The van der Waals surface area contributed by atoms with Gasteiger partial charge in [0.1, 0.15) is 0 Å². The molecule has 0 aliphatic carbocycles. The first-order valence-corrected chi connectivity index (χ1v) is 7.23. The van der Waals surface area contributed by atoms with Gasteiger partial charge < -0.3 is 10.4 Å². The second-order valence-electron chi connectivity index (χ2n) is 5.10. The van der Waals surface area contributed by atoms with Crippen molar-refractivity contribution >= 4 is 17.4 Å². The maximum absolute atomic E-state index is 12.0. The highest BCUT2D eigenvalue weighted by molar-refractivity contribution is 6.00. The van der Waals surface area contributed by atoms with E-state index in [-0.39, 0.29) is 24.5 Å². The number of amides is 1. The smallest absolute Gasteiger partial charge is 0.224 e. The van der Waals surface area contributed by atoms with Crippen molar-refractivity contribution < 1.29 is 14.7 Å². The van der Waals surface area contributed by atoms with Crippen LogP contribution in [0.15, 0.2) is 54.6 Å². The Hall–Kier alpha value is -2.46. The number of rotatable bonds is 6. The van der Waals surface area contributed by atoms with Crippen LogP contribution in [-0.4, -0.2) is 16.8 Å². The molecule has 0 aromatic heterocycles. The van der Waals surface area contributed by atoms with Gasteiger partial charge >= 0.3 is 0 Å². The molecule has 1 amide bonds. The number of hydrogen-bond acceptors (Lipinski definition) is 3. The predicted molar refractivity (Wildman–Crippen MR) is 85.7 cm³/mol. The number of anilines is 1. The fourth-order valence-corrected chi connectivity index (χ4v) is 2.18. The molecular weight excluding hydrogens is 278 g/mol. The number of aliphatic hydroxyl groups is 1. The fraction of sp³-hybridized carbons (Fsp3) is 0.222. The Bertz CT molecular complexity index is 650. The van der Waals surface area contributed by atoms with E-state index in [0.717, 1.165) is 0 Å². The maximum Gasteiger partial charge on any atom is 0.224 e. The number of aliphatic hydroxyl groups excluding tert-OH is 1. The number of carbonyl (C=O) groups excluding carboxylic acids is 2. The zero-order valence-electron chi connectivity index (χ0n) is 12.5. The van der Waals surface area contributed by atoms with Crippen molar-refractivity contribution in [2.75, 3.05) is 5.32 Å². The Labute approximate surface area is 129 Å². The standard InChI is InChI=1S/C18H19NO3/c1-13(20)15-9-5-6-10-16(15)19-18(22)12-11-17(21)14-7-3-2-4-8-14/h2-10,13,20H,11-12H2,1H3,(H,19,22). The second kappa shape index (κ2) is 7.52. The number of hydrogen-bond donors (Lipinski definition) is 2. The van der Waals surface area contributed by atoms with Crippen LogP contribution in [0.2, 0.25) is 0 Å². The van der Waals surface area contributed by atoms with Crippen LogP contribution in [0, 0.1) is 0 Å². The van der Waals surface area contributed by atoms with Gasteiger partial charge in [-0.05, 0) is 13.0 Å². The minimum atomic E-state index is -0.664. The number of ketones is 1. The van der Waals surface area contributed by atoms with E-state index in [9.17, 15) is 14.7 Å². The van der Waals surface area contributed by atoms with Crippen molar-refractivity contribution in [3.05, 3.63) is 65.7 Å². The molecule has 114 valence electrons. The summed E-state index contributed by atoms with van der Waals surface area (Å²) in [6.45, 7) is 1.64. The van der Waals surface area contributed by atoms with Gasteiger partial charge in [-0.2, -0.15) is 0 Å². The summed E-state index contributed by atoms with van der Waals surface area (Å²) in [6, 6.07) is 16.0. The summed E-state index contributed by atoms with van der Waals surface area (Å²) in [4.78, 5) is 23.9. The van der Waals surface area contributed by atoms with Crippen LogP contribution in [0.1, 0.15) is 41.8 Å². The van der Waals surface area contributed by atoms with Crippen LogP contribution in [0.4, 0.5) is 5.69 Å². The third-order valence-electron chi connectivity index (χ3n) is 3.36. The fourth-order valence-electron chi connectivity index (χ4n) is 2.18. The summed E-state index contributed by atoms with van der Waals surface area (Å²) in [5.41, 5.74) is 1.85. The Morgan fingerprint density at radius 2 is 1.64 bits per heavy atom. The summed E-state index contributed by atoms with van der Waals surface area (Å²) in [6.07, 6.45) is -0.392. The van der Waals surface area contributed by atoms with E-state index in [4.69, 9.17) is 0 Å². The maximum atomic E-state index is 12.0. The minimum Gasteiger partial charge on any atom is -0.389 e. The average Bonchev–Trinajstić information content (AvgIpc) is 2.53. The lowest BCUT2D eigenvalue weighted by atomic mass is 10.1. The highest BCUT2D eigenvalue weighted by Gasteiger charge is 2.12. The SMILES string of the molecule is CC(O)c1ccccc1NC(=O)CCC(=O)c1ccccc1. The number of carbonyl (C=O) groups is 2. The first-order chi connectivity index (χ1) is 10.6. The Kier molecular flexibility index (Phi) is 5.44. The average molecular weight is 297 g/mol. The molecule has 1 unspecified atom stereocenters. The topological polar surface area (TPSA) is 66.4 Å². The Balaban J connectivity index is 1.93. The molecule has 4 heteroatoms. The van der Waals surface area contributed by atoms with Gasteiger partial charge in [0.25, 0.3) is 0 Å². The second-order valence-corrected chi connectivity index (χ2v) is 5.10. The van der Waals surface area contributed by atoms with E-state index in [1.165, 1.54) is 0 Å². The van der Waals surface area contributed by atoms with E-state index in [1.54, 1.807) is 55.5 Å². The molecule has 2 aromatic carbocycles. The normalized spacial score (nSPS) is 11.7. The third-order valence-corrected chi connectivity index (χ3v) is 3.36. The summed E-state index contributed by atoms with van der Waals surface area (Å²) in [5.74, 6) is -0.294. The van der Waals surface area contributed by atoms with Gasteiger partial charge in [0.15, 0.2) is 5.78 Å². The van der Waals surface area contributed by atoms with E-state index in [1.807, 2.05) is 6.07 Å². The summed E-state index contributed by atoms with van der Waals surface area (Å²) in [7, 11) is 0. The molecule has 0 heterocycles. The van der Waals surface area contributed by atoms with Crippen LogP contribution in [0.25, 0.3) is 0 Å². The lowest BCUT2D eigenvalue weighted by Crippen LogP contribution is -2.15. The van der Waals surface area contributed by atoms with Crippen molar-refractivity contribution in [2.24, 2.45) is 0 Å². The number of Topliss-reactive ketones (excluding diaryl/α,β-unsaturated/α-hetero) is 1. The van der Waals surface area contributed by atoms with Crippen molar-refractivity contribution in [3.63, 3.8) is 0 Å². The first-order valence-electron chi connectivity index (χ1n) is 7.23. The lowest BCUT2D eigenvalue weighted by Gasteiger charge is -2.12. The van der Waals surface area contributed by atoms with Gasteiger partial charge in [-0.3, -0.25) is 9.59 Å². The lowest BCUT2D eigenvalue weighted by molar-refractivity contribution is -0.116. The summed E-state index contributed by atoms with van der Waals surface area (Å²) in [5, 5.41) is 12.4. The molecule has 0 spiro atoms. The predicted octanol–water partition coefficient (Wildman–Crippen LogP) is 3.34. The molecular formula is C18H19NO3. The summed E-state index contributed by atoms with van der Waals surface area (Å²) < 4.78 is 0. The van der Waals surface area contributed by atoms with Gasteiger partial charge in [-0.25, -0.2) is 0 Å². The molecule has 0 bridgehead atoms. The quantitative estimate of drug-likeness (QED) is 0.804. The molecule has 2 rings (SSSR count). The molecule has 0 aliphatic heterocycles. The molecule has 0 saturated carbocycles. The summed E-state index contributed by atoms with van der Waals surface area (Å²) >= 11 is 0. The molecule has 4 nitrogen and oxygen atoms in total. The van der Waals surface area contributed by atoms with Gasteiger partial charge in [0, 0.05) is 29.7 Å². The monoisotopic (exact) mass is 297 g/mol. The van der Waals surface area contributed by atoms with Gasteiger partial charge in [0.05, 0.1) is 6.10 Å². The van der Waals surface area contributed by atoms with Gasteiger partial charge in [0.2, 0.25) is 5.91 Å². The number of benzene rings is 2. The molecule has 0 radical (unpaired) electrons. The molecule has 22 heavy (non-hydrogen) atoms. The highest BCUT2D eigenvalue weighted by atomic mass is 16.3. The number of para-hydroxylation sites is 1. The van der Waals surface area contributed by atoms with Gasteiger partial charge in [-0.15, -0.1) is 0 Å². The molecule has 0 aliphatic rings. The van der Waals surface area contributed by atoms with E-state index < -0.39 is 6.10 Å². The minimum absolute atomic E-state index is 0.0560. The Morgan fingerprint density at radius 3 is 2.32 bits per heavy atom. The van der Waals surface area contributed by atoms with E-state index >= 15 is 0 Å². The molecule has 2 aromatic rings. The highest BCUT2D eigenvalue weighted by Crippen LogP contribution is 2.22. The largest absolute Gasteiger partial charge is 0.389 e. The van der Waals surface area contributed by atoms with Crippen LogP contribution in [-0.2, 0) is 4.79 Å². The van der Waals surface area contributed by atoms with Crippen LogP contribution >= 0.6 is 0 Å². The van der Waals surface area contributed by atoms with Crippen LogP contribution < -0.4 is 5.32 Å². The molecule has 1 atom stereocenters. The van der Waals surface area contributed by atoms with Gasteiger partial charge in [-0.1, -0.05) is 48.5 Å². The Morgan fingerprint density at radius 1 is 1.00 bits per heavy atom. The molecule has 0 fully saturated rings.